The zero-order valence-corrected chi connectivity index (χ0v) is 20.2. The Bertz CT molecular complexity index is 1510. The molecule has 4 rings (SSSR count). The molecule has 1 amide bonds. The molecule has 2 N–H and O–H groups in total. The fourth-order valence-corrected chi connectivity index (χ4v) is 5.10. The standard InChI is InChI=1S/C27H25N3O4S/c1-19-10-13-23(14-11-19)35(33,34)30(22-8-5-6-20(2)16-22)18-27(32)29-28-17-25-24-9-4-3-7-21(24)12-15-26(25)31/h3-17,31H,18H2,1-2H3,(H,29,32). The van der Waals surface area contributed by atoms with Crippen LogP contribution in [0.1, 0.15) is 16.7 Å². The molecule has 0 unspecified atom stereocenters. The Morgan fingerprint density at radius 1 is 0.943 bits per heavy atom. The van der Waals surface area contributed by atoms with E-state index in [0.29, 0.717) is 11.3 Å². The van der Waals surface area contributed by atoms with Gasteiger partial charge in [0.05, 0.1) is 16.8 Å². The monoisotopic (exact) mass is 487 g/mol. The third-order valence-corrected chi connectivity index (χ3v) is 7.30. The Morgan fingerprint density at radius 3 is 2.43 bits per heavy atom. The normalized spacial score (nSPS) is 11.6. The Hall–Kier alpha value is -4.17. The number of aromatic hydroxyl groups is 1. The number of carbonyl (C=O) groups is 1. The van der Waals surface area contributed by atoms with Crippen LogP contribution in [0.2, 0.25) is 0 Å². The number of nitrogens with zero attached hydrogens (tertiary/aromatic N) is 2. The van der Waals surface area contributed by atoms with Gasteiger partial charge < -0.3 is 5.11 Å². The van der Waals surface area contributed by atoms with Gasteiger partial charge in [0, 0.05) is 5.56 Å². The number of hydrazone groups is 1. The maximum Gasteiger partial charge on any atom is 0.264 e. The van der Waals surface area contributed by atoms with Crippen molar-refractivity contribution in [1.82, 2.24) is 5.43 Å². The summed E-state index contributed by atoms with van der Waals surface area (Å²) in [5.74, 6) is -0.608. The molecule has 0 spiro atoms. The maximum atomic E-state index is 13.5. The smallest absolute Gasteiger partial charge is 0.264 e. The van der Waals surface area contributed by atoms with E-state index < -0.39 is 22.5 Å². The van der Waals surface area contributed by atoms with E-state index in [0.717, 1.165) is 26.2 Å². The lowest BCUT2D eigenvalue weighted by Crippen LogP contribution is -2.39. The molecule has 0 fully saturated rings. The van der Waals surface area contributed by atoms with Crippen LogP contribution in [0.3, 0.4) is 0 Å². The van der Waals surface area contributed by atoms with Crippen LogP contribution in [0.25, 0.3) is 10.8 Å². The number of rotatable bonds is 7. The average molecular weight is 488 g/mol. The van der Waals surface area contributed by atoms with Gasteiger partial charge in [-0.2, -0.15) is 5.10 Å². The number of nitrogens with one attached hydrogen (secondary N) is 1. The summed E-state index contributed by atoms with van der Waals surface area (Å²) in [5.41, 5.74) is 4.99. The van der Waals surface area contributed by atoms with E-state index in [1.54, 1.807) is 42.5 Å². The Balaban J connectivity index is 1.60. The van der Waals surface area contributed by atoms with Crippen LogP contribution in [0.4, 0.5) is 5.69 Å². The molecule has 178 valence electrons. The molecule has 4 aromatic carbocycles. The fourth-order valence-electron chi connectivity index (χ4n) is 3.69. The third-order valence-electron chi connectivity index (χ3n) is 5.52. The molecular weight excluding hydrogens is 462 g/mol. The highest BCUT2D eigenvalue weighted by molar-refractivity contribution is 7.92. The number of anilines is 1. The molecule has 0 saturated heterocycles. The molecule has 8 heteroatoms. The first-order chi connectivity index (χ1) is 16.8. The van der Waals surface area contributed by atoms with Crippen molar-refractivity contribution in [3.8, 4) is 5.75 Å². The largest absolute Gasteiger partial charge is 0.507 e. The van der Waals surface area contributed by atoms with E-state index in [1.165, 1.54) is 18.3 Å². The van der Waals surface area contributed by atoms with Gasteiger partial charge in [-0.25, -0.2) is 13.8 Å². The first-order valence-electron chi connectivity index (χ1n) is 10.9. The highest BCUT2D eigenvalue weighted by Gasteiger charge is 2.27. The molecule has 0 atom stereocenters. The van der Waals surface area contributed by atoms with Crippen LogP contribution in [0.5, 0.6) is 5.75 Å². The van der Waals surface area contributed by atoms with Gasteiger partial charge >= 0.3 is 0 Å². The molecule has 35 heavy (non-hydrogen) atoms. The molecule has 7 nitrogen and oxygen atoms in total. The van der Waals surface area contributed by atoms with Crippen molar-refractivity contribution >= 4 is 38.6 Å². The van der Waals surface area contributed by atoms with Crippen molar-refractivity contribution in [3.05, 3.63) is 102 Å². The Kier molecular flexibility index (Phi) is 6.84. The minimum absolute atomic E-state index is 0.0186. The van der Waals surface area contributed by atoms with Gasteiger partial charge in [-0.3, -0.25) is 9.10 Å². The fraction of sp³-hybridized carbons (Fsp3) is 0.111. The van der Waals surface area contributed by atoms with E-state index >= 15 is 0 Å². The summed E-state index contributed by atoms with van der Waals surface area (Å²) in [7, 11) is -4.01. The molecule has 0 aliphatic carbocycles. The quantitative estimate of drug-likeness (QED) is 0.296. The third kappa shape index (κ3) is 5.33. The van der Waals surface area contributed by atoms with Gasteiger partial charge in [0.15, 0.2) is 0 Å². The van der Waals surface area contributed by atoms with E-state index in [9.17, 15) is 18.3 Å². The van der Waals surface area contributed by atoms with Crippen LogP contribution in [0.15, 0.2) is 94.9 Å². The summed E-state index contributed by atoms with van der Waals surface area (Å²) in [6, 6.07) is 24.2. The van der Waals surface area contributed by atoms with Gasteiger partial charge in [0.25, 0.3) is 15.9 Å². The number of amides is 1. The number of carbonyl (C=O) groups excluding carboxylic acids is 1. The molecule has 0 aliphatic rings. The molecular formula is C27H25N3O4S. The lowest BCUT2D eigenvalue weighted by Gasteiger charge is -2.24. The minimum atomic E-state index is -4.01. The molecule has 0 saturated carbocycles. The molecule has 4 aromatic rings. The zero-order chi connectivity index (χ0) is 25.0. The van der Waals surface area contributed by atoms with E-state index in [-0.39, 0.29) is 10.6 Å². The second-order valence-corrected chi connectivity index (χ2v) is 10.0. The maximum absolute atomic E-state index is 13.5. The van der Waals surface area contributed by atoms with Gasteiger partial charge in [-0.1, -0.05) is 60.2 Å². The second-order valence-electron chi connectivity index (χ2n) is 8.18. The van der Waals surface area contributed by atoms with E-state index in [4.69, 9.17) is 0 Å². The van der Waals surface area contributed by atoms with Crippen molar-refractivity contribution in [2.75, 3.05) is 10.8 Å². The predicted octanol–water partition coefficient (Wildman–Crippen LogP) is 4.51. The van der Waals surface area contributed by atoms with Crippen molar-refractivity contribution in [1.29, 1.82) is 0 Å². The molecule has 0 bridgehead atoms. The van der Waals surface area contributed by atoms with Crippen LogP contribution >= 0.6 is 0 Å². The number of aryl methyl sites for hydroxylation is 2. The van der Waals surface area contributed by atoms with Gasteiger partial charge in [0.1, 0.15) is 12.3 Å². The van der Waals surface area contributed by atoms with Crippen LogP contribution < -0.4 is 9.73 Å². The van der Waals surface area contributed by atoms with Crippen LogP contribution in [-0.2, 0) is 14.8 Å². The number of hydrogen-bond donors (Lipinski definition) is 2. The predicted molar refractivity (Wildman–Crippen MR) is 138 cm³/mol. The number of hydrogen-bond acceptors (Lipinski definition) is 5. The van der Waals surface area contributed by atoms with E-state index in [1.807, 2.05) is 44.2 Å². The number of phenolic OH excluding ortho intramolecular Hbond substituents is 1. The summed E-state index contributed by atoms with van der Waals surface area (Å²) < 4.78 is 28.0. The summed E-state index contributed by atoms with van der Waals surface area (Å²) >= 11 is 0. The summed E-state index contributed by atoms with van der Waals surface area (Å²) in [4.78, 5) is 12.9. The molecule has 0 aromatic heterocycles. The zero-order valence-electron chi connectivity index (χ0n) is 19.3. The van der Waals surface area contributed by atoms with E-state index in [2.05, 4.69) is 10.5 Å². The first kappa shape index (κ1) is 24.0. The van der Waals surface area contributed by atoms with Crippen LogP contribution in [-0.4, -0.2) is 32.2 Å². The number of benzene rings is 4. The SMILES string of the molecule is Cc1ccc(S(=O)(=O)N(CC(=O)NN=Cc2c(O)ccc3ccccc23)c2cccc(C)c2)cc1. The van der Waals surface area contributed by atoms with Crippen molar-refractivity contribution in [3.63, 3.8) is 0 Å². The van der Waals surface area contributed by atoms with Gasteiger partial charge in [0.2, 0.25) is 0 Å². The lowest BCUT2D eigenvalue weighted by molar-refractivity contribution is -0.119. The van der Waals surface area contributed by atoms with Crippen molar-refractivity contribution in [2.45, 2.75) is 18.7 Å². The summed E-state index contributed by atoms with van der Waals surface area (Å²) in [6.07, 6.45) is 1.35. The van der Waals surface area contributed by atoms with Crippen molar-refractivity contribution in [2.24, 2.45) is 5.10 Å². The number of sulfonamides is 1. The average Bonchev–Trinajstić information content (AvgIpc) is 2.84. The first-order valence-corrected chi connectivity index (χ1v) is 12.4. The number of fused-ring (bicyclic) bond motifs is 1. The minimum Gasteiger partial charge on any atom is -0.507 e. The molecule has 0 aliphatic heterocycles. The topological polar surface area (TPSA) is 99.1 Å². The molecule has 0 radical (unpaired) electrons. The number of phenols is 1. The Morgan fingerprint density at radius 2 is 1.69 bits per heavy atom. The van der Waals surface area contributed by atoms with Gasteiger partial charge in [-0.05, 0) is 60.5 Å². The highest BCUT2D eigenvalue weighted by atomic mass is 32.2. The lowest BCUT2D eigenvalue weighted by atomic mass is 10.0. The second kappa shape index (κ2) is 9.99. The summed E-state index contributed by atoms with van der Waals surface area (Å²) in [6.45, 7) is 3.24. The Labute approximate surface area is 204 Å². The van der Waals surface area contributed by atoms with Crippen LogP contribution in [0, 0.1) is 13.8 Å². The summed E-state index contributed by atoms with van der Waals surface area (Å²) in [5, 5.41) is 15.9. The highest BCUT2D eigenvalue weighted by Crippen LogP contribution is 2.26. The van der Waals surface area contributed by atoms with Gasteiger partial charge in [-0.15, -0.1) is 0 Å². The van der Waals surface area contributed by atoms with Crippen molar-refractivity contribution < 1.29 is 18.3 Å². The molecule has 0 heterocycles.